The van der Waals surface area contributed by atoms with Crippen molar-refractivity contribution in [1.82, 2.24) is 0 Å². The van der Waals surface area contributed by atoms with Gasteiger partial charge in [-0.05, 0) is 25.5 Å². The molecule has 1 atom stereocenters. The number of hydrogen-bond donors (Lipinski definition) is 0. The van der Waals surface area contributed by atoms with E-state index in [9.17, 15) is 4.57 Å². The monoisotopic (exact) mass is 295 g/mol. The molecule has 0 saturated heterocycles. The second-order valence-corrected chi connectivity index (χ2v) is 5.33. The molecule has 1 aromatic carbocycles. The zero-order valence-electron chi connectivity index (χ0n) is 11.6. The summed E-state index contributed by atoms with van der Waals surface area (Å²) in [6.45, 7) is 3.71. The van der Waals surface area contributed by atoms with Crippen LogP contribution >= 0.6 is 7.82 Å². The lowest BCUT2D eigenvalue weighted by atomic mass is 10.2. The minimum Gasteiger partial charge on any atom is -0.287 e. The smallest absolute Gasteiger partial charge is 0.287 e. The minimum atomic E-state index is -3.69. The Morgan fingerprint density at radius 3 is 2.35 bits per heavy atom. The van der Waals surface area contributed by atoms with E-state index in [0.717, 1.165) is 5.56 Å². The number of benzene rings is 1. The molecule has 0 aliphatic heterocycles. The maximum absolute atomic E-state index is 12.1. The highest BCUT2D eigenvalue weighted by Gasteiger charge is 2.28. The van der Waals surface area contributed by atoms with Crippen LogP contribution in [0.3, 0.4) is 0 Å². The van der Waals surface area contributed by atoms with Crippen LogP contribution in [0, 0.1) is 11.3 Å². The van der Waals surface area contributed by atoms with E-state index in [0.29, 0.717) is 0 Å². The van der Waals surface area contributed by atoms with Gasteiger partial charge in [-0.3, -0.25) is 13.6 Å². The molecule has 1 unspecified atom stereocenters. The number of nitrogens with zero attached hydrogens (tertiary/aromatic N) is 1. The van der Waals surface area contributed by atoms with Gasteiger partial charge in [0, 0.05) is 0 Å². The van der Waals surface area contributed by atoms with Crippen LogP contribution in [0.1, 0.15) is 19.4 Å². The van der Waals surface area contributed by atoms with Gasteiger partial charge in [0.15, 0.2) is 6.10 Å². The van der Waals surface area contributed by atoms with Gasteiger partial charge in [0.25, 0.3) is 0 Å². The topological polar surface area (TPSA) is 68.6 Å². The van der Waals surface area contributed by atoms with Crippen LogP contribution in [0.5, 0.6) is 0 Å². The third kappa shape index (κ3) is 5.68. The van der Waals surface area contributed by atoms with Crippen molar-refractivity contribution in [2.75, 3.05) is 13.2 Å². The van der Waals surface area contributed by atoms with Gasteiger partial charge < -0.3 is 0 Å². The summed E-state index contributed by atoms with van der Waals surface area (Å²) in [5, 5.41) is 9.05. The molecule has 20 heavy (non-hydrogen) atoms. The van der Waals surface area contributed by atoms with E-state index in [4.69, 9.17) is 18.8 Å². The van der Waals surface area contributed by atoms with Gasteiger partial charge in [0.05, 0.1) is 19.3 Å². The lowest BCUT2D eigenvalue weighted by Gasteiger charge is -2.17. The maximum atomic E-state index is 12.1. The van der Waals surface area contributed by atoms with Gasteiger partial charge in [-0.1, -0.05) is 36.4 Å². The molecule has 6 heteroatoms. The van der Waals surface area contributed by atoms with Crippen molar-refractivity contribution in [3.63, 3.8) is 0 Å². The minimum absolute atomic E-state index is 0.178. The normalized spacial score (nSPS) is 13.2. The molecule has 1 aromatic rings. The molecule has 0 radical (unpaired) electrons. The highest BCUT2D eigenvalue weighted by molar-refractivity contribution is 7.48. The highest BCUT2D eigenvalue weighted by atomic mass is 31.2. The predicted octanol–water partition coefficient (Wildman–Crippen LogP) is 3.79. The van der Waals surface area contributed by atoms with E-state index in [1.165, 1.54) is 6.08 Å². The van der Waals surface area contributed by atoms with Crippen LogP contribution in [-0.4, -0.2) is 19.3 Å². The van der Waals surface area contributed by atoms with E-state index >= 15 is 0 Å². The molecule has 5 nitrogen and oxygen atoms in total. The Kier molecular flexibility index (Phi) is 7.21. The number of hydrogen-bond acceptors (Lipinski definition) is 5. The largest absolute Gasteiger partial charge is 0.476 e. The maximum Gasteiger partial charge on any atom is 0.476 e. The van der Waals surface area contributed by atoms with Crippen LogP contribution in [0.15, 0.2) is 36.4 Å². The van der Waals surface area contributed by atoms with Crippen molar-refractivity contribution in [3.8, 4) is 6.07 Å². The Balaban J connectivity index is 2.74. The zero-order valence-corrected chi connectivity index (χ0v) is 12.5. The van der Waals surface area contributed by atoms with Crippen molar-refractivity contribution in [3.05, 3.63) is 42.0 Å². The van der Waals surface area contributed by atoms with Crippen LogP contribution < -0.4 is 0 Å². The van der Waals surface area contributed by atoms with E-state index in [1.54, 1.807) is 19.9 Å². The second kappa shape index (κ2) is 8.68. The number of rotatable bonds is 8. The molecule has 0 aliphatic rings. The van der Waals surface area contributed by atoms with Crippen LogP contribution in [0.2, 0.25) is 0 Å². The molecule has 0 aliphatic carbocycles. The first-order valence-electron chi connectivity index (χ1n) is 6.34. The van der Waals surface area contributed by atoms with E-state index in [1.807, 2.05) is 36.4 Å². The fourth-order valence-corrected chi connectivity index (χ4v) is 2.64. The Morgan fingerprint density at radius 2 is 1.85 bits per heavy atom. The Morgan fingerprint density at radius 1 is 1.25 bits per heavy atom. The van der Waals surface area contributed by atoms with E-state index in [2.05, 4.69) is 0 Å². The van der Waals surface area contributed by atoms with Gasteiger partial charge in [0.2, 0.25) is 0 Å². The molecule has 0 aromatic heterocycles. The van der Waals surface area contributed by atoms with E-state index < -0.39 is 13.9 Å². The first-order valence-corrected chi connectivity index (χ1v) is 7.80. The summed E-state index contributed by atoms with van der Waals surface area (Å²) in [5.41, 5.74) is 0.916. The Hall–Kier alpha value is -1.44. The van der Waals surface area contributed by atoms with Crippen molar-refractivity contribution >= 4 is 13.9 Å². The van der Waals surface area contributed by atoms with Gasteiger partial charge in [0.1, 0.15) is 0 Å². The quantitative estimate of drug-likeness (QED) is 0.682. The summed E-state index contributed by atoms with van der Waals surface area (Å²) in [4.78, 5) is 0. The molecule has 0 fully saturated rings. The lowest BCUT2D eigenvalue weighted by Crippen LogP contribution is -2.09. The first kappa shape index (κ1) is 16.6. The highest BCUT2D eigenvalue weighted by Crippen LogP contribution is 2.50. The lowest BCUT2D eigenvalue weighted by molar-refractivity contribution is 0.116. The summed E-state index contributed by atoms with van der Waals surface area (Å²) >= 11 is 0. The zero-order chi connectivity index (χ0) is 14.8. The van der Waals surface area contributed by atoms with Crippen LogP contribution in [0.25, 0.3) is 6.08 Å². The van der Waals surface area contributed by atoms with Crippen molar-refractivity contribution in [2.24, 2.45) is 0 Å². The standard InChI is InChI=1S/C14H18NO4P/c1-3-17-20(16,18-4-2)19-14(12-15)11-10-13-8-6-5-7-9-13/h5-11,14H,3-4H2,1-2H3. The van der Waals surface area contributed by atoms with Gasteiger partial charge in [-0.25, -0.2) is 4.57 Å². The summed E-state index contributed by atoms with van der Waals surface area (Å²) in [7, 11) is -3.69. The second-order valence-electron chi connectivity index (χ2n) is 3.71. The number of phosphoric acid groups is 1. The molecular formula is C14H18NO4P. The third-order valence-corrected chi connectivity index (χ3v) is 3.84. The average Bonchev–Trinajstić information content (AvgIpc) is 2.45. The average molecular weight is 295 g/mol. The molecule has 0 amide bonds. The molecular weight excluding hydrogens is 277 g/mol. The molecule has 0 heterocycles. The fourth-order valence-electron chi connectivity index (χ4n) is 1.42. The number of nitriles is 1. The molecule has 0 spiro atoms. The van der Waals surface area contributed by atoms with E-state index in [-0.39, 0.29) is 13.2 Å². The molecule has 1 rings (SSSR count). The predicted molar refractivity (Wildman–Crippen MR) is 76.8 cm³/mol. The van der Waals surface area contributed by atoms with Gasteiger partial charge in [-0.15, -0.1) is 0 Å². The Labute approximate surface area is 119 Å². The molecule has 0 N–H and O–H groups in total. The number of phosphoric ester groups is 1. The summed E-state index contributed by atoms with van der Waals surface area (Å²) in [6.07, 6.45) is 2.23. The molecule has 0 saturated carbocycles. The van der Waals surface area contributed by atoms with Crippen LogP contribution in [-0.2, 0) is 18.1 Å². The van der Waals surface area contributed by atoms with Gasteiger partial charge >= 0.3 is 7.82 Å². The molecule has 0 bridgehead atoms. The molecule has 108 valence electrons. The third-order valence-electron chi connectivity index (χ3n) is 2.21. The summed E-state index contributed by atoms with van der Waals surface area (Å²) in [6, 6.07) is 11.3. The van der Waals surface area contributed by atoms with Gasteiger partial charge in [-0.2, -0.15) is 5.26 Å². The van der Waals surface area contributed by atoms with Crippen molar-refractivity contribution in [1.29, 1.82) is 5.26 Å². The van der Waals surface area contributed by atoms with Crippen LogP contribution in [0.4, 0.5) is 0 Å². The fraction of sp³-hybridized carbons (Fsp3) is 0.357. The summed E-state index contributed by atoms with van der Waals surface area (Å²) < 4.78 is 27.3. The van der Waals surface area contributed by atoms with Crippen molar-refractivity contribution < 1.29 is 18.1 Å². The SMILES string of the molecule is CCOP(=O)(OCC)OC(C#N)C=Cc1ccccc1. The van der Waals surface area contributed by atoms with Crippen molar-refractivity contribution in [2.45, 2.75) is 20.0 Å². The Bertz CT molecular complexity index is 500. The summed E-state index contributed by atoms with van der Waals surface area (Å²) in [5.74, 6) is 0. The first-order chi connectivity index (χ1) is 9.63.